The number of ketones is 1. The minimum absolute atomic E-state index is 0.192. The number of esters is 2. The van der Waals surface area contributed by atoms with Crippen molar-refractivity contribution in [2.45, 2.75) is 57.3 Å². The molecule has 31 heavy (non-hydrogen) atoms. The molecule has 4 rings (SSSR count). The van der Waals surface area contributed by atoms with Gasteiger partial charge in [0, 0.05) is 24.8 Å². The van der Waals surface area contributed by atoms with Gasteiger partial charge in [0.15, 0.2) is 5.78 Å². The standard InChI is InChI=1S/C22H27ClO8/c1-12-17(25)18(26)22(11-30-13(2)24)16(4-3-6-20(22,28)10-23)21(12)8-15(31-19(21)27)14-5-7-29-9-14/h5,7,9,12,15-17,25,28H,3-4,6,8,10-11H2,1-2H3/t12-,15+,16-,17+,20+,21-,22+/m1/s1. The van der Waals surface area contributed by atoms with Crippen LogP contribution in [0, 0.1) is 22.7 Å². The smallest absolute Gasteiger partial charge is 0.313 e. The number of hydrogen-bond acceptors (Lipinski definition) is 8. The van der Waals surface area contributed by atoms with Gasteiger partial charge >= 0.3 is 11.9 Å². The summed E-state index contributed by atoms with van der Waals surface area (Å²) in [6.07, 6.45) is 2.18. The first-order valence-electron chi connectivity index (χ1n) is 10.5. The van der Waals surface area contributed by atoms with Crippen LogP contribution in [-0.2, 0) is 23.9 Å². The number of ether oxygens (including phenoxy) is 2. The van der Waals surface area contributed by atoms with Gasteiger partial charge in [0.05, 0.1) is 34.8 Å². The Labute approximate surface area is 184 Å². The molecule has 0 amide bonds. The van der Waals surface area contributed by atoms with Gasteiger partial charge in [-0.05, 0) is 24.8 Å². The molecule has 7 atom stereocenters. The molecule has 9 heteroatoms. The number of carbonyl (C=O) groups excluding carboxylic acids is 3. The fourth-order valence-corrected chi connectivity index (χ4v) is 6.63. The zero-order valence-corrected chi connectivity index (χ0v) is 18.3. The summed E-state index contributed by atoms with van der Waals surface area (Å²) in [4.78, 5) is 38.7. The number of aliphatic hydroxyl groups is 2. The van der Waals surface area contributed by atoms with Crippen molar-refractivity contribution in [3.05, 3.63) is 24.2 Å². The Bertz CT molecular complexity index is 884. The predicted molar refractivity (Wildman–Crippen MR) is 107 cm³/mol. The van der Waals surface area contributed by atoms with Crippen molar-refractivity contribution in [2.24, 2.45) is 22.7 Å². The molecular weight excluding hydrogens is 428 g/mol. The normalized spacial score (nSPS) is 42.4. The lowest BCUT2D eigenvalue weighted by Crippen LogP contribution is -2.74. The summed E-state index contributed by atoms with van der Waals surface area (Å²) >= 11 is 6.18. The third kappa shape index (κ3) is 2.91. The van der Waals surface area contributed by atoms with Crippen molar-refractivity contribution in [2.75, 3.05) is 12.5 Å². The van der Waals surface area contributed by atoms with Gasteiger partial charge in [0.25, 0.3) is 0 Å². The first-order chi connectivity index (χ1) is 14.6. The van der Waals surface area contributed by atoms with Gasteiger partial charge < -0.3 is 24.1 Å². The number of fused-ring (bicyclic) bond motifs is 2. The van der Waals surface area contributed by atoms with Gasteiger partial charge in [-0.25, -0.2) is 0 Å². The third-order valence-corrected chi connectivity index (χ3v) is 8.36. The summed E-state index contributed by atoms with van der Waals surface area (Å²) in [7, 11) is 0. The summed E-state index contributed by atoms with van der Waals surface area (Å²) < 4.78 is 16.1. The van der Waals surface area contributed by atoms with Crippen LogP contribution < -0.4 is 0 Å². The van der Waals surface area contributed by atoms with Gasteiger partial charge in [-0.15, -0.1) is 11.6 Å². The van der Waals surface area contributed by atoms with Gasteiger partial charge in [0.1, 0.15) is 18.8 Å². The van der Waals surface area contributed by atoms with Crippen LogP contribution in [0.5, 0.6) is 0 Å². The maximum absolute atomic E-state index is 13.6. The second-order valence-corrected chi connectivity index (χ2v) is 9.42. The number of furan rings is 1. The lowest BCUT2D eigenvalue weighted by atomic mass is 9.41. The van der Waals surface area contributed by atoms with E-state index in [0.717, 1.165) is 0 Å². The fourth-order valence-electron chi connectivity index (χ4n) is 6.26. The van der Waals surface area contributed by atoms with E-state index >= 15 is 0 Å². The molecule has 1 saturated heterocycles. The number of rotatable bonds is 4. The van der Waals surface area contributed by atoms with Crippen LogP contribution in [0.2, 0.25) is 0 Å². The van der Waals surface area contributed by atoms with Crippen LogP contribution in [0.25, 0.3) is 0 Å². The minimum atomic E-state index is -1.74. The molecule has 3 fully saturated rings. The molecule has 3 aliphatic rings. The Morgan fingerprint density at radius 1 is 1.39 bits per heavy atom. The topological polar surface area (TPSA) is 123 Å². The van der Waals surface area contributed by atoms with E-state index in [1.165, 1.54) is 19.5 Å². The van der Waals surface area contributed by atoms with Crippen molar-refractivity contribution >= 4 is 29.3 Å². The van der Waals surface area contributed by atoms with Crippen LogP contribution in [0.3, 0.4) is 0 Å². The number of Topliss-reactive ketones (excluding diaryl/α,β-unsaturated/α-hetero) is 1. The molecule has 1 aromatic rings. The zero-order valence-electron chi connectivity index (χ0n) is 17.5. The predicted octanol–water partition coefficient (Wildman–Crippen LogP) is 2.15. The van der Waals surface area contributed by atoms with Crippen LogP contribution in [0.1, 0.15) is 51.2 Å². The SMILES string of the molecule is CC(=O)OC[C@@]12C(=O)[C@@H](O)[C@@H](C)[C@]3(C[C@@H](c4ccoc4)OC3=O)[C@H]1CCC[C@]2(O)CCl. The van der Waals surface area contributed by atoms with E-state index in [4.69, 9.17) is 25.5 Å². The lowest BCUT2D eigenvalue weighted by Gasteiger charge is -2.61. The van der Waals surface area contributed by atoms with Gasteiger partial charge in [-0.3, -0.25) is 14.4 Å². The number of hydrogen-bond donors (Lipinski definition) is 2. The van der Waals surface area contributed by atoms with Crippen molar-refractivity contribution < 1.29 is 38.5 Å². The quantitative estimate of drug-likeness (QED) is 0.524. The third-order valence-electron chi connectivity index (χ3n) is 7.92. The summed E-state index contributed by atoms with van der Waals surface area (Å²) in [5.41, 5.74) is -4.03. The Kier molecular flexibility index (Phi) is 5.47. The number of cyclic esters (lactones) is 1. The first kappa shape index (κ1) is 22.3. The van der Waals surface area contributed by atoms with Crippen molar-refractivity contribution in [3.8, 4) is 0 Å². The molecule has 2 N–H and O–H groups in total. The van der Waals surface area contributed by atoms with Gasteiger partial charge in [-0.2, -0.15) is 0 Å². The monoisotopic (exact) mass is 454 g/mol. The molecule has 2 saturated carbocycles. The highest BCUT2D eigenvalue weighted by Gasteiger charge is 2.76. The molecule has 0 radical (unpaired) electrons. The average molecular weight is 455 g/mol. The van der Waals surface area contributed by atoms with E-state index in [-0.39, 0.29) is 18.7 Å². The van der Waals surface area contributed by atoms with Crippen molar-refractivity contribution in [3.63, 3.8) is 0 Å². The molecule has 170 valence electrons. The molecule has 1 aliphatic heterocycles. The van der Waals surface area contributed by atoms with Crippen molar-refractivity contribution in [1.29, 1.82) is 0 Å². The number of alkyl halides is 1. The maximum atomic E-state index is 13.6. The largest absolute Gasteiger partial charge is 0.472 e. The number of aliphatic hydroxyl groups excluding tert-OH is 1. The highest BCUT2D eigenvalue weighted by atomic mass is 35.5. The van der Waals surface area contributed by atoms with Crippen LogP contribution in [-0.4, -0.2) is 52.1 Å². The summed E-state index contributed by atoms with van der Waals surface area (Å²) in [6.45, 7) is 2.41. The van der Waals surface area contributed by atoms with Crippen molar-refractivity contribution in [1.82, 2.24) is 0 Å². The minimum Gasteiger partial charge on any atom is -0.472 e. The number of carbonyl (C=O) groups is 3. The first-order valence-corrected chi connectivity index (χ1v) is 11.0. The molecule has 8 nitrogen and oxygen atoms in total. The molecule has 2 aliphatic carbocycles. The van der Waals surface area contributed by atoms with E-state index < -0.39 is 64.8 Å². The molecule has 2 heterocycles. The summed E-state index contributed by atoms with van der Waals surface area (Å²) in [5, 5.41) is 22.6. The highest BCUT2D eigenvalue weighted by molar-refractivity contribution is 6.19. The van der Waals surface area contributed by atoms with Crippen LogP contribution in [0.4, 0.5) is 0 Å². The maximum Gasteiger partial charge on any atom is 0.313 e. The Hall–Kier alpha value is -1.90. The summed E-state index contributed by atoms with van der Waals surface area (Å²) in [6, 6.07) is 1.70. The summed E-state index contributed by atoms with van der Waals surface area (Å²) in [5.74, 6) is -3.57. The fraction of sp³-hybridized carbons (Fsp3) is 0.682. The molecule has 0 aromatic carbocycles. The Morgan fingerprint density at radius 2 is 2.13 bits per heavy atom. The Balaban J connectivity index is 1.88. The molecule has 0 unspecified atom stereocenters. The van der Waals surface area contributed by atoms with E-state index in [9.17, 15) is 24.6 Å². The second-order valence-electron chi connectivity index (χ2n) is 9.15. The van der Waals surface area contributed by atoms with Crippen LogP contribution >= 0.6 is 11.6 Å². The zero-order chi connectivity index (χ0) is 22.6. The Morgan fingerprint density at radius 3 is 2.74 bits per heavy atom. The molecule has 1 spiro atoms. The van der Waals surface area contributed by atoms with Gasteiger partial charge in [0.2, 0.25) is 0 Å². The average Bonchev–Trinajstić information content (AvgIpc) is 3.38. The van der Waals surface area contributed by atoms with E-state index in [2.05, 4.69) is 0 Å². The van der Waals surface area contributed by atoms with E-state index in [1.807, 2.05) is 0 Å². The molecular formula is C22H27ClO8. The van der Waals surface area contributed by atoms with E-state index in [0.29, 0.717) is 18.4 Å². The lowest BCUT2D eigenvalue weighted by molar-refractivity contribution is -0.228. The number of halogens is 1. The van der Waals surface area contributed by atoms with E-state index in [1.54, 1.807) is 13.0 Å². The van der Waals surface area contributed by atoms with Crippen LogP contribution in [0.15, 0.2) is 23.0 Å². The second kappa shape index (κ2) is 7.60. The highest BCUT2D eigenvalue weighted by Crippen LogP contribution is 2.66. The molecule has 1 aromatic heterocycles. The van der Waals surface area contributed by atoms with Gasteiger partial charge in [-0.1, -0.05) is 13.3 Å². The molecule has 0 bridgehead atoms.